The molecule has 2 aromatic carbocycles. The van der Waals surface area contributed by atoms with Crippen LogP contribution < -0.4 is 14.2 Å². The van der Waals surface area contributed by atoms with Crippen LogP contribution in [-0.2, 0) is 21.2 Å². The van der Waals surface area contributed by atoms with E-state index in [1.807, 2.05) is 18.2 Å². The first-order valence-corrected chi connectivity index (χ1v) is 11.7. The van der Waals surface area contributed by atoms with Crippen molar-refractivity contribution >= 4 is 26.9 Å². The molecule has 176 valence electrons. The predicted octanol–water partition coefficient (Wildman–Crippen LogP) is 4.10. The van der Waals surface area contributed by atoms with Crippen LogP contribution in [0.1, 0.15) is 12.0 Å². The number of methoxy groups -OCH3 is 2. The number of hydrogen-bond acceptors (Lipinski definition) is 7. The van der Waals surface area contributed by atoms with Crippen molar-refractivity contribution in [2.45, 2.75) is 17.7 Å². The fraction of sp³-hybridized carbons (Fsp3) is 0.167. The summed E-state index contributed by atoms with van der Waals surface area (Å²) >= 11 is 0. The van der Waals surface area contributed by atoms with Gasteiger partial charge in [-0.15, -0.1) is 0 Å². The molecule has 0 fully saturated rings. The first-order chi connectivity index (χ1) is 16.3. The van der Waals surface area contributed by atoms with Crippen LogP contribution in [0.2, 0.25) is 0 Å². The van der Waals surface area contributed by atoms with Gasteiger partial charge in [-0.05, 0) is 36.2 Å². The lowest BCUT2D eigenvalue weighted by Crippen LogP contribution is -2.12. The van der Waals surface area contributed by atoms with Gasteiger partial charge in [0, 0.05) is 30.1 Å². The molecule has 0 saturated heterocycles. The maximum Gasteiger partial charge on any atom is 0.303 e. The van der Waals surface area contributed by atoms with Gasteiger partial charge >= 0.3 is 5.97 Å². The molecule has 0 amide bonds. The number of aromatic nitrogens is 2. The van der Waals surface area contributed by atoms with Gasteiger partial charge in [0.15, 0.2) is 11.5 Å². The molecule has 1 N–H and O–H groups in total. The molecule has 0 aliphatic heterocycles. The van der Waals surface area contributed by atoms with Crippen molar-refractivity contribution in [3.8, 4) is 23.1 Å². The summed E-state index contributed by atoms with van der Waals surface area (Å²) in [5.41, 5.74) is 0.890. The summed E-state index contributed by atoms with van der Waals surface area (Å²) < 4.78 is 44.5. The number of carboxylic acids is 1. The highest BCUT2D eigenvalue weighted by Gasteiger charge is 2.24. The van der Waals surface area contributed by atoms with Crippen LogP contribution in [0, 0.1) is 0 Å². The highest BCUT2D eigenvalue weighted by molar-refractivity contribution is 7.90. The van der Waals surface area contributed by atoms with Gasteiger partial charge in [0.1, 0.15) is 10.6 Å². The quantitative estimate of drug-likeness (QED) is 0.379. The molecule has 0 unspecified atom stereocenters. The summed E-state index contributed by atoms with van der Waals surface area (Å²) in [6.45, 7) is 0. The molecule has 2 aromatic heterocycles. The van der Waals surface area contributed by atoms with Crippen molar-refractivity contribution in [1.82, 2.24) is 8.96 Å². The Hall–Kier alpha value is -4.05. The molecule has 2 heterocycles. The van der Waals surface area contributed by atoms with E-state index in [0.717, 1.165) is 3.97 Å². The number of fused-ring (bicyclic) bond motifs is 1. The molecule has 9 nitrogen and oxygen atoms in total. The van der Waals surface area contributed by atoms with Crippen molar-refractivity contribution in [2.75, 3.05) is 14.2 Å². The Morgan fingerprint density at radius 3 is 2.35 bits per heavy atom. The molecule has 0 aliphatic rings. The van der Waals surface area contributed by atoms with Gasteiger partial charge in [-0.1, -0.05) is 18.2 Å². The summed E-state index contributed by atoms with van der Waals surface area (Å²) in [7, 11) is -1.14. The molecule has 0 aliphatic carbocycles. The minimum Gasteiger partial charge on any atom is -0.493 e. The van der Waals surface area contributed by atoms with Gasteiger partial charge in [-0.3, -0.25) is 4.79 Å². The number of nitrogens with zero attached hydrogens (tertiary/aromatic N) is 2. The number of aryl methyl sites for hydroxylation is 1. The SMILES string of the molecule is COc1cc2c(CCC(=O)O)cn(S(=O)(=O)c3ccc(Oc4ccccc4)nc3)c2cc1OC. The molecule has 10 heteroatoms. The van der Waals surface area contributed by atoms with Gasteiger partial charge in [0.25, 0.3) is 10.0 Å². The van der Waals surface area contributed by atoms with E-state index in [0.29, 0.717) is 33.7 Å². The number of para-hydroxylation sites is 1. The highest BCUT2D eigenvalue weighted by atomic mass is 32.2. The number of ether oxygens (including phenoxy) is 3. The van der Waals surface area contributed by atoms with Crippen LogP contribution in [0.5, 0.6) is 23.1 Å². The van der Waals surface area contributed by atoms with E-state index < -0.39 is 16.0 Å². The third kappa shape index (κ3) is 4.53. The number of aliphatic carboxylic acids is 1. The molecule has 0 bridgehead atoms. The normalized spacial score (nSPS) is 11.4. The van der Waals surface area contributed by atoms with Crippen LogP contribution in [0.4, 0.5) is 0 Å². The number of carbonyl (C=O) groups is 1. The number of benzene rings is 2. The first-order valence-electron chi connectivity index (χ1n) is 10.3. The number of hydrogen-bond donors (Lipinski definition) is 1. The molecule has 4 aromatic rings. The molecular weight excluding hydrogens is 460 g/mol. The average molecular weight is 483 g/mol. The monoisotopic (exact) mass is 482 g/mol. The van der Waals surface area contributed by atoms with E-state index in [4.69, 9.17) is 19.3 Å². The lowest BCUT2D eigenvalue weighted by atomic mass is 10.1. The van der Waals surface area contributed by atoms with Gasteiger partial charge in [0.05, 0.1) is 25.9 Å². The van der Waals surface area contributed by atoms with E-state index >= 15 is 0 Å². The number of carboxylic acid groups (broad SMARTS) is 1. The van der Waals surface area contributed by atoms with Crippen molar-refractivity contribution in [2.24, 2.45) is 0 Å². The fourth-order valence-corrected chi connectivity index (χ4v) is 4.86. The maximum atomic E-state index is 13.5. The van der Waals surface area contributed by atoms with Crippen LogP contribution >= 0.6 is 0 Å². The van der Waals surface area contributed by atoms with Crippen molar-refractivity contribution in [3.05, 3.63) is 72.6 Å². The van der Waals surface area contributed by atoms with Crippen molar-refractivity contribution in [1.29, 1.82) is 0 Å². The molecular formula is C24H22N2O7S. The standard InChI is InChI=1S/C24H22N2O7S/c1-31-21-12-19-16(8-11-24(27)28)15-26(20(19)13-22(21)32-2)34(29,30)18-9-10-23(25-14-18)33-17-6-4-3-5-7-17/h3-7,9-10,12-15H,8,11H2,1-2H3,(H,27,28). The van der Waals surface area contributed by atoms with Crippen LogP contribution in [0.15, 0.2) is 71.9 Å². The lowest BCUT2D eigenvalue weighted by molar-refractivity contribution is -0.136. The van der Waals surface area contributed by atoms with Crippen LogP contribution in [0.25, 0.3) is 10.9 Å². The Bertz CT molecular complexity index is 1430. The summed E-state index contributed by atoms with van der Waals surface area (Å²) in [5, 5.41) is 9.67. The summed E-state index contributed by atoms with van der Waals surface area (Å²) in [6.07, 6.45) is 2.64. The van der Waals surface area contributed by atoms with Crippen LogP contribution in [-0.4, -0.2) is 42.7 Å². The Balaban J connectivity index is 1.77. The number of pyridine rings is 1. The minimum atomic E-state index is -4.06. The molecule has 0 spiro atoms. The molecule has 0 saturated carbocycles. The zero-order valence-corrected chi connectivity index (χ0v) is 19.3. The van der Waals surface area contributed by atoms with Crippen molar-refractivity contribution < 1.29 is 32.5 Å². The van der Waals surface area contributed by atoms with Gasteiger partial charge in [0.2, 0.25) is 5.88 Å². The van der Waals surface area contributed by atoms with Crippen molar-refractivity contribution in [3.63, 3.8) is 0 Å². The maximum absolute atomic E-state index is 13.5. The van der Waals surface area contributed by atoms with E-state index in [-0.39, 0.29) is 23.6 Å². The summed E-state index contributed by atoms with van der Waals surface area (Å²) in [6, 6.07) is 15.1. The number of rotatable bonds is 9. The van der Waals surface area contributed by atoms with Gasteiger partial charge < -0.3 is 19.3 Å². The second-order valence-electron chi connectivity index (χ2n) is 7.32. The fourth-order valence-electron chi connectivity index (χ4n) is 3.53. The predicted molar refractivity (Wildman–Crippen MR) is 124 cm³/mol. The molecule has 4 rings (SSSR count). The smallest absolute Gasteiger partial charge is 0.303 e. The van der Waals surface area contributed by atoms with E-state index in [1.165, 1.54) is 38.7 Å². The topological polar surface area (TPSA) is 117 Å². The third-order valence-corrected chi connectivity index (χ3v) is 6.86. The summed E-state index contributed by atoms with van der Waals surface area (Å²) in [5.74, 6) is 0.592. The zero-order chi connectivity index (χ0) is 24.3. The van der Waals surface area contributed by atoms with Crippen LogP contribution in [0.3, 0.4) is 0 Å². The Morgan fingerprint density at radius 2 is 1.74 bits per heavy atom. The van der Waals surface area contributed by atoms with Gasteiger partial charge in [-0.2, -0.15) is 0 Å². The average Bonchev–Trinajstić information content (AvgIpc) is 3.21. The van der Waals surface area contributed by atoms with E-state index in [2.05, 4.69) is 4.98 Å². The van der Waals surface area contributed by atoms with E-state index in [9.17, 15) is 13.2 Å². The minimum absolute atomic E-state index is 0.0515. The lowest BCUT2D eigenvalue weighted by Gasteiger charge is -2.11. The van der Waals surface area contributed by atoms with E-state index in [1.54, 1.807) is 24.3 Å². The molecule has 0 atom stereocenters. The Labute approximate surface area is 196 Å². The first kappa shape index (κ1) is 23.1. The Morgan fingerprint density at radius 1 is 1.03 bits per heavy atom. The zero-order valence-electron chi connectivity index (χ0n) is 18.5. The van der Waals surface area contributed by atoms with Gasteiger partial charge in [-0.25, -0.2) is 17.4 Å². The second-order valence-corrected chi connectivity index (χ2v) is 9.14. The Kier molecular flexibility index (Phi) is 6.42. The second kappa shape index (κ2) is 9.44. The third-order valence-electron chi connectivity index (χ3n) is 5.20. The molecule has 34 heavy (non-hydrogen) atoms. The summed E-state index contributed by atoms with van der Waals surface area (Å²) in [4.78, 5) is 15.2. The largest absolute Gasteiger partial charge is 0.493 e. The highest BCUT2D eigenvalue weighted by Crippen LogP contribution is 2.36. The molecule has 0 radical (unpaired) electrons.